The van der Waals surface area contributed by atoms with Crippen LogP contribution in [0.5, 0.6) is 0 Å². The van der Waals surface area contributed by atoms with E-state index in [2.05, 4.69) is 9.62 Å². The number of nitrogen functional groups attached to an aromatic ring is 1. The number of likely N-dealkylation sites (tertiary alicyclic amines) is 1. The third-order valence-corrected chi connectivity index (χ3v) is 5.47. The molecule has 2 fully saturated rings. The van der Waals surface area contributed by atoms with Gasteiger partial charge in [-0.3, -0.25) is 4.90 Å². The van der Waals surface area contributed by atoms with Crippen LogP contribution in [0.4, 0.5) is 14.5 Å². The predicted octanol–water partition coefficient (Wildman–Crippen LogP) is 1.06. The van der Waals surface area contributed by atoms with Crippen LogP contribution in [0.2, 0.25) is 0 Å². The smallest absolute Gasteiger partial charge is 0.246 e. The predicted molar refractivity (Wildman–Crippen MR) is 74.1 cm³/mol. The highest BCUT2D eigenvalue weighted by atomic mass is 32.2. The Labute approximate surface area is 122 Å². The highest BCUT2D eigenvalue weighted by molar-refractivity contribution is 7.89. The highest BCUT2D eigenvalue weighted by Crippen LogP contribution is 2.30. The molecular weight excluding hydrogens is 300 g/mol. The Bertz CT molecular complexity index is 638. The Kier molecular flexibility index (Phi) is 3.62. The summed E-state index contributed by atoms with van der Waals surface area (Å²) in [6, 6.07) is 1.85. The van der Waals surface area contributed by atoms with Crippen LogP contribution >= 0.6 is 0 Å². The molecular formula is C13H17F2N3O2S. The summed E-state index contributed by atoms with van der Waals surface area (Å²) in [5, 5.41) is 0. The molecule has 1 aliphatic carbocycles. The summed E-state index contributed by atoms with van der Waals surface area (Å²) in [6.07, 6.45) is 2.93. The van der Waals surface area contributed by atoms with Crippen molar-refractivity contribution in [3.8, 4) is 0 Å². The minimum atomic E-state index is -4.23. The fourth-order valence-corrected chi connectivity index (χ4v) is 4.15. The molecule has 1 heterocycles. The second-order valence-electron chi connectivity index (χ2n) is 5.65. The summed E-state index contributed by atoms with van der Waals surface area (Å²) >= 11 is 0. The van der Waals surface area contributed by atoms with Gasteiger partial charge in [-0.25, -0.2) is 21.9 Å². The first-order valence-corrected chi connectivity index (χ1v) is 8.36. The van der Waals surface area contributed by atoms with Gasteiger partial charge in [-0.15, -0.1) is 0 Å². The fraction of sp³-hybridized carbons (Fsp3) is 0.538. The normalized spacial score (nSPS) is 23.6. The topological polar surface area (TPSA) is 75.4 Å². The van der Waals surface area contributed by atoms with Crippen LogP contribution in [0.1, 0.15) is 19.3 Å². The molecule has 0 spiro atoms. The maximum Gasteiger partial charge on any atom is 0.246 e. The van der Waals surface area contributed by atoms with Crippen molar-refractivity contribution < 1.29 is 17.2 Å². The molecule has 2 aliphatic rings. The summed E-state index contributed by atoms with van der Waals surface area (Å²) < 4.78 is 54.3. The average Bonchev–Trinajstić information content (AvgIpc) is 3.09. The number of nitrogens with one attached hydrogen (secondary N) is 1. The minimum absolute atomic E-state index is 0.148. The van der Waals surface area contributed by atoms with E-state index in [1.54, 1.807) is 0 Å². The van der Waals surface area contributed by atoms with Crippen molar-refractivity contribution in [3.05, 3.63) is 23.8 Å². The van der Waals surface area contributed by atoms with Gasteiger partial charge in [0.25, 0.3) is 0 Å². The molecule has 8 heteroatoms. The summed E-state index contributed by atoms with van der Waals surface area (Å²) in [6.45, 7) is 1.40. The molecule has 1 saturated carbocycles. The molecule has 3 rings (SSSR count). The quantitative estimate of drug-likeness (QED) is 0.814. The number of rotatable bonds is 4. The van der Waals surface area contributed by atoms with Crippen LogP contribution in [-0.4, -0.2) is 38.5 Å². The lowest BCUT2D eigenvalue weighted by Crippen LogP contribution is -2.38. The average molecular weight is 317 g/mol. The first kappa shape index (κ1) is 14.7. The Morgan fingerprint density at radius 2 is 1.81 bits per heavy atom. The summed E-state index contributed by atoms with van der Waals surface area (Å²) in [5.74, 6) is -2.34. The van der Waals surface area contributed by atoms with E-state index in [0.29, 0.717) is 19.0 Å². The summed E-state index contributed by atoms with van der Waals surface area (Å²) in [5.41, 5.74) is 5.14. The van der Waals surface area contributed by atoms with E-state index >= 15 is 0 Å². The molecule has 5 nitrogen and oxygen atoms in total. The van der Waals surface area contributed by atoms with Gasteiger partial charge in [-0.2, -0.15) is 0 Å². The van der Waals surface area contributed by atoms with Gasteiger partial charge < -0.3 is 5.73 Å². The number of anilines is 1. The van der Waals surface area contributed by atoms with Crippen molar-refractivity contribution in [1.29, 1.82) is 0 Å². The van der Waals surface area contributed by atoms with E-state index in [4.69, 9.17) is 5.73 Å². The Hall–Kier alpha value is -1.25. The van der Waals surface area contributed by atoms with Gasteiger partial charge in [0.05, 0.1) is 0 Å². The molecule has 1 aliphatic heterocycles. The van der Waals surface area contributed by atoms with E-state index in [1.807, 2.05) is 0 Å². The van der Waals surface area contributed by atoms with Crippen molar-refractivity contribution in [2.75, 3.05) is 18.8 Å². The van der Waals surface area contributed by atoms with E-state index in [1.165, 1.54) is 0 Å². The molecule has 0 amide bonds. The maximum atomic E-state index is 13.7. The molecule has 21 heavy (non-hydrogen) atoms. The van der Waals surface area contributed by atoms with Gasteiger partial charge in [-0.05, 0) is 31.4 Å². The zero-order valence-corrected chi connectivity index (χ0v) is 12.2. The minimum Gasteiger partial charge on any atom is -0.399 e. The molecule has 1 aromatic carbocycles. The molecule has 3 N–H and O–H groups in total. The lowest BCUT2D eigenvalue weighted by Gasteiger charge is -2.16. The third-order valence-electron chi connectivity index (χ3n) is 3.89. The molecule has 1 aromatic rings. The van der Waals surface area contributed by atoms with E-state index in [0.717, 1.165) is 31.5 Å². The number of hydrogen-bond donors (Lipinski definition) is 2. The van der Waals surface area contributed by atoms with E-state index < -0.39 is 26.6 Å². The first-order valence-electron chi connectivity index (χ1n) is 6.88. The van der Waals surface area contributed by atoms with Gasteiger partial charge in [-0.1, -0.05) is 0 Å². The summed E-state index contributed by atoms with van der Waals surface area (Å²) in [4.78, 5) is 1.25. The van der Waals surface area contributed by atoms with Gasteiger partial charge in [0, 0.05) is 30.9 Å². The van der Waals surface area contributed by atoms with Gasteiger partial charge in [0.15, 0.2) is 4.90 Å². The standard InChI is InChI=1S/C13H17F2N3O2S/c14-11-5-8(16)6-12(15)13(11)21(19,20)17-9-3-4-18(7-9)10-1-2-10/h5-6,9-10,17H,1-4,7,16H2. The van der Waals surface area contributed by atoms with Crippen LogP contribution < -0.4 is 10.5 Å². The molecule has 116 valence electrons. The van der Waals surface area contributed by atoms with Crippen LogP contribution in [0, 0.1) is 11.6 Å². The van der Waals surface area contributed by atoms with Crippen molar-refractivity contribution in [2.45, 2.75) is 36.2 Å². The third kappa shape index (κ3) is 3.02. The first-order chi connectivity index (χ1) is 9.87. The Morgan fingerprint density at radius 3 is 2.38 bits per heavy atom. The lowest BCUT2D eigenvalue weighted by atomic mass is 10.3. The molecule has 1 saturated heterocycles. The number of nitrogens with two attached hydrogens (primary N) is 1. The van der Waals surface area contributed by atoms with Crippen molar-refractivity contribution in [1.82, 2.24) is 9.62 Å². The van der Waals surface area contributed by atoms with Crippen molar-refractivity contribution in [3.63, 3.8) is 0 Å². The van der Waals surface area contributed by atoms with E-state index in [-0.39, 0.29) is 11.7 Å². The van der Waals surface area contributed by atoms with Gasteiger partial charge in [0.1, 0.15) is 11.6 Å². The number of nitrogens with zero attached hydrogens (tertiary/aromatic N) is 1. The zero-order chi connectivity index (χ0) is 15.2. The number of sulfonamides is 1. The van der Waals surface area contributed by atoms with E-state index in [9.17, 15) is 17.2 Å². The molecule has 0 aromatic heterocycles. The monoisotopic (exact) mass is 317 g/mol. The SMILES string of the molecule is Nc1cc(F)c(S(=O)(=O)NC2CCN(C3CC3)C2)c(F)c1. The zero-order valence-electron chi connectivity index (χ0n) is 11.4. The number of halogens is 2. The van der Waals surface area contributed by atoms with Gasteiger partial charge >= 0.3 is 0 Å². The Morgan fingerprint density at radius 1 is 1.19 bits per heavy atom. The fourth-order valence-electron chi connectivity index (χ4n) is 2.77. The Balaban J connectivity index is 1.78. The summed E-state index contributed by atoms with van der Waals surface area (Å²) in [7, 11) is -4.23. The lowest BCUT2D eigenvalue weighted by molar-refractivity contribution is 0.322. The van der Waals surface area contributed by atoms with Crippen molar-refractivity contribution >= 4 is 15.7 Å². The van der Waals surface area contributed by atoms with Crippen LogP contribution in [-0.2, 0) is 10.0 Å². The largest absolute Gasteiger partial charge is 0.399 e. The number of hydrogen-bond acceptors (Lipinski definition) is 4. The number of benzene rings is 1. The maximum absolute atomic E-state index is 13.7. The van der Waals surface area contributed by atoms with Crippen molar-refractivity contribution in [2.24, 2.45) is 0 Å². The molecule has 1 unspecified atom stereocenters. The molecule has 0 bridgehead atoms. The van der Waals surface area contributed by atoms with Crippen LogP contribution in [0.15, 0.2) is 17.0 Å². The second-order valence-corrected chi connectivity index (χ2v) is 7.30. The molecule has 1 atom stereocenters. The van der Waals surface area contributed by atoms with Crippen LogP contribution in [0.25, 0.3) is 0 Å². The van der Waals surface area contributed by atoms with Crippen LogP contribution in [0.3, 0.4) is 0 Å². The second kappa shape index (κ2) is 5.19. The highest BCUT2D eigenvalue weighted by Gasteiger charge is 2.36. The van der Waals surface area contributed by atoms with Gasteiger partial charge in [0.2, 0.25) is 10.0 Å². The molecule has 0 radical (unpaired) electrons.